The van der Waals surface area contributed by atoms with E-state index < -0.39 is 0 Å². The van der Waals surface area contributed by atoms with Crippen molar-refractivity contribution < 1.29 is 19.1 Å². The van der Waals surface area contributed by atoms with Gasteiger partial charge in [-0.3, -0.25) is 9.59 Å². The van der Waals surface area contributed by atoms with Crippen molar-refractivity contribution in [3.05, 3.63) is 80.1 Å². The number of aryl methyl sites for hydroxylation is 1. The number of hydrogen-bond acceptors (Lipinski definition) is 5. The summed E-state index contributed by atoms with van der Waals surface area (Å²) in [6.45, 7) is 2.46. The van der Waals surface area contributed by atoms with E-state index in [1.165, 1.54) is 5.56 Å². The van der Waals surface area contributed by atoms with Gasteiger partial charge in [0.05, 0.1) is 11.6 Å². The van der Waals surface area contributed by atoms with E-state index >= 15 is 0 Å². The molecule has 0 aromatic heterocycles. The predicted octanol–water partition coefficient (Wildman–Crippen LogP) is 6.05. The highest BCUT2D eigenvalue weighted by Gasteiger charge is 2.40. The number of hydrogen-bond donors (Lipinski definition) is 1. The van der Waals surface area contributed by atoms with Crippen LogP contribution in [0.3, 0.4) is 0 Å². The fourth-order valence-electron chi connectivity index (χ4n) is 5.32. The molecule has 1 heterocycles. The first-order valence-corrected chi connectivity index (χ1v) is 12.6. The summed E-state index contributed by atoms with van der Waals surface area (Å²) in [5.74, 6) is 1.06. The minimum atomic E-state index is -0.372. The summed E-state index contributed by atoms with van der Waals surface area (Å²) in [6.07, 6.45) is 4.38. The van der Waals surface area contributed by atoms with Gasteiger partial charge >= 0.3 is 0 Å². The number of methoxy groups -OCH3 is 1. The molecule has 0 unspecified atom stereocenters. The minimum absolute atomic E-state index is 0.124. The molecular formula is C28H28BrNO4. The molecule has 0 fully saturated rings. The lowest BCUT2D eigenvalue weighted by Gasteiger charge is -2.37. The van der Waals surface area contributed by atoms with Gasteiger partial charge in [-0.1, -0.05) is 29.8 Å². The summed E-state index contributed by atoms with van der Waals surface area (Å²) in [4.78, 5) is 26.2. The molecule has 0 radical (unpaired) electrons. The smallest absolute Gasteiger partial charge is 0.175 e. The van der Waals surface area contributed by atoms with Crippen LogP contribution in [0.1, 0.15) is 61.1 Å². The minimum Gasteiger partial charge on any atom is -0.493 e. The number of allylic oxidation sites excluding steroid dienone is 4. The van der Waals surface area contributed by atoms with E-state index in [1.54, 1.807) is 7.11 Å². The van der Waals surface area contributed by atoms with E-state index in [4.69, 9.17) is 9.47 Å². The van der Waals surface area contributed by atoms with Crippen LogP contribution in [0.15, 0.2) is 63.4 Å². The molecule has 5 rings (SSSR count). The Morgan fingerprint density at radius 3 is 2.26 bits per heavy atom. The molecule has 2 aromatic carbocycles. The molecule has 0 saturated carbocycles. The van der Waals surface area contributed by atoms with Crippen molar-refractivity contribution >= 4 is 27.5 Å². The number of ether oxygens (including phenoxy) is 2. The number of benzene rings is 2. The van der Waals surface area contributed by atoms with Crippen molar-refractivity contribution in [2.24, 2.45) is 0 Å². The molecule has 2 aromatic rings. The van der Waals surface area contributed by atoms with Gasteiger partial charge in [-0.05, 0) is 71.8 Å². The number of carbonyl (C=O) groups is 2. The summed E-state index contributed by atoms with van der Waals surface area (Å²) < 4.78 is 12.6. The quantitative estimate of drug-likeness (QED) is 0.519. The molecule has 3 aliphatic rings. The van der Waals surface area contributed by atoms with E-state index in [1.807, 2.05) is 24.3 Å². The third kappa shape index (κ3) is 4.20. The number of Topliss-reactive ketones (excluding diaryl/α,β-unsaturated/α-hetero) is 2. The molecular weight excluding hydrogens is 494 g/mol. The first kappa shape index (κ1) is 22.9. The second kappa shape index (κ2) is 9.41. The van der Waals surface area contributed by atoms with E-state index in [-0.39, 0.29) is 17.5 Å². The van der Waals surface area contributed by atoms with Crippen LogP contribution in [0.4, 0.5) is 0 Å². The van der Waals surface area contributed by atoms with E-state index in [2.05, 4.69) is 40.3 Å². The molecule has 0 spiro atoms. The Labute approximate surface area is 208 Å². The lowest BCUT2D eigenvalue weighted by atomic mass is 9.71. The van der Waals surface area contributed by atoms with Crippen molar-refractivity contribution in [1.29, 1.82) is 0 Å². The molecule has 0 saturated heterocycles. The Kier molecular flexibility index (Phi) is 6.34. The van der Waals surface area contributed by atoms with Crippen molar-refractivity contribution in [3.63, 3.8) is 0 Å². The number of halogens is 1. The molecule has 0 amide bonds. The normalized spacial score (nSPS) is 18.4. The molecule has 6 heteroatoms. The summed E-state index contributed by atoms with van der Waals surface area (Å²) in [7, 11) is 1.61. The molecule has 34 heavy (non-hydrogen) atoms. The second-order valence-corrected chi connectivity index (χ2v) is 10.1. The SMILES string of the molecule is COc1cc(C2C3=C(CCCC3=O)NC3=C2C(=O)CCC3)cc(Br)c1OCc1cccc(C)c1. The highest BCUT2D eigenvalue weighted by Crippen LogP contribution is 2.48. The van der Waals surface area contributed by atoms with E-state index in [0.717, 1.165) is 63.8 Å². The summed E-state index contributed by atoms with van der Waals surface area (Å²) in [5.41, 5.74) is 6.55. The zero-order chi connectivity index (χ0) is 23.8. The maximum absolute atomic E-state index is 13.1. The average Bonchev–Trinajstić information content (AvgIpc) is 2.82. The maximum atomic E-state index is 13.1. The number of ketones is 2. The summed E-state index contributed by atoms with van der Waals surface area (Å²) in [6, 6.07) is 12.1. The zero-order valence-electron chi connectivity index (χ0n) is 19.5. The number of nitrogens with one attached hydrogen (secondary N) is 1. The number of carbonyl (C=O) groups excluding carboxylic acids is 2. The highest BCUT2D eigenvalue weighted by molar-refractivity contribution is 9.10. The van der Waals surface area contributed by atoms with Gasteiger partial charge in [0.1, 0.15) is 6.61 Å². The van der Waals surface area contributed by atoms with Crippen LogP contribution in [0, 0.1) is 6.92 Å². The first-order chi connectivity index (χ1) is 16.5. The van der Waals surface area contributed by atoms with Crippen LogP contribution in [-0.4, -0.2) is 18.7 Å². The lowest BCUT2D eigenvalue weighted by molar-refractivity contribution is -0.116. The van der Waals surface area contributed by atoms with Crippen LogP contribution in [0.25, 0.3) is 0 Å². The molecule has 176 valence electrons. The van der Waals surface area contributed by atoms with Crippen molar-refractivity contribution in [1.82, 2.24) is 5.32 Å². The largest absolute Gasteiger partial charge is 0.493 e. The fraction of sp³-hybridized carbons (Fsp3) is 0.357. The van der Waals surface area contributed by atoms with Crippen molar-refractivity contribution in [3.8, 4) is 11.5 Å². The van der Waals surface area contributed by atoms with Gasteiger partial charge in [0.25, 0.3) is 0 Å². The Bertz CT molecular complexity index is 1200. The van der Waals surface area contributed by atoms with Gasteiger partial charge in [0, 0.05) is 41.3 Å². The highest BCUT2D eigenvalue weighted by atomic mass is 79.9. The Balaban J connectivity index is 1.56. The predicted molar refractivity (Wildman–Crippen MR) is 134 cm³/mol. The third-order valence-electron chi connectivity index (χ3n) is 6.84. The maximum Gasteiger partial charge on any atom is 0.175 e. The van der Waals surface area contributed by atoms with Crippen molar-refractivity contribution in [2.75, 3.05) is 7.11 Å². The monoisotopic (exact) mass is 521 g/mol. The van der Waals surface area contributed by atoms with Crippen LogP contribution in [0.5, 0.6) is 11.5 Å². The number of rotatable bonds is 5. The molecule has 5 nitrogen and oxygen atoms in total. The topological polar surface area (TPSA) is 64.6 Å². The Morgan fingerprint density at radius 2 is 1.65 bits per heavy atom. The number of dihydropyridines is 1. The lowest BCUT2D eigenvalue weighted by Crippen LogP contribution is -2.36. The van der Waals surface area contributed by atoms with Gasteiger partial charge in [0.2, 0.25) is 0 Å². The fourth-order valence-corrected chi connectivity index (χ4v) is 5.89. The second-order valence-electron chi connectivity index (χ2n) is 9.21. The summed E-state index contributed by atoms with van der Waals surface area (Å²) in [5, 5.41) is 3.47. The van der Waals surface area contributed by atoms with Gasteiger partial charge < -0.3 is 14.8 Å². The Hall–Kier alpha value is -2.86. The zero-order valence-corrected chi connectivity index (χ0v) is 21.1. The van der Waals surface area contributed by atoms with Gasteiger partial charge in [-0.15, -0.1) is 0 Å². The van der Waals surface area contributed by atoms with Gasteiger partial charge in [0.15, 0.2) is 23.1 Å². The molecule has 1 N–H and O–H groups in total. The van der Waals surface area contributed by atoms with Gasteiger partial charge in [-0.2, -0.15) is 0 Å². The van der Waals surface area contributed by atoms with Gasteiger partial charge in [-0.25, -0.2) is 0 Å². The van der Waals surface area contributed by atoms with Crippen LogP contribution >= 0.6 is 15.9 Å². The van der Waals surface area contributed by atoms with E-state index in [0.29, 0.717) is 30.9 Å². The average molecular weight is 522 g/mol. The molecule has 0 bridgehead atoms. The molecule has 0 atom stereocenters. The molecule has 2 aliphatic carbocycles. The van der Waals surface area contributed by atoms with Crippen molar-refractivity contribution in [2.45, 2.75) is 58.0 Å². The third-order valence-corrected chi connectivity index (χ3v) is 7.43. The van der Waals surface area contributed by atoms with Crippen LogP contribution in [-0.2, 0) is 16.2 Å². The van der Waals surface area contributed by atoms with Crippen LogP contribution < -0.4 is 14.8 Å². The first-order valence-electron chi connectivity index (χ1n) is 11.8. The Morgan fingerprint density at radius 1 is 0.971 bits per heavy atom. The standard InChI is InChI=1S/C28H28BrNO4/c1-16-6-3-7-17(12-16)15-34-28-19(29)13-18(14-24(28)33-2)25-26-20(8-4-10-22(26)31)30-21-9-5-11-23(32)27(21)25/h3,6-7,12-14,25,30H,4-5,8-11,15H2,1-2H3. The van der Waals surface area contributed by atoms with E-state index in [9.17, 15) is 9.59 Å². The summed E-state index contributed by atoms with van der Waals surface area (Å²) >= 11 is 3.68. The molecule has 1 aliphatic heterocycles. The van der Waals surface area contributed by atoms with Crippen LogP contribution in [0.2, 0.25) is 0 Å².